The second kappa shape index (κ2) is 6.23. The Morgan fingerprint density at radius 2 is 1.90 bits per heavy atom. The molecular formula is C15H19N3O2. The van der Waals surface area contributed by atoms with Gasteiger partial charge in [0.1, 0.15) is 23.1 Å². The molecule has 0 radical (unpaired) electrons. The lowest BCUT2D eigenvalue weighted by molar-refractivity contribution is 0.404. The molecule has 0 fully saturated rings. The number of ether oxygens (including phenoxy) is 2. The van der Waals surface area contributed by atoms with E-state index in [0.717, 1.165) is 41.4 Å². The van der Waals surface area contributed by atoms with E-state index in [4.69, 9.17) is 15.2 Å². The lowest BCUT2D eigenvalue weighted by Crippen LogP contribution is -2.02. The Balaban J connectivity index is 2.54. The van der Waals surface area contributed by atoms with Crippen molar-refractivity contribution in [1.29, 1.82) is 0 Å². The van der Waals surface area contributed by atoms with E-state index in [0.29, 0.717) is 5.82 Å². The Bertz CT molecular complexity index is 600. The van der Waals surface area contributed by atoms with Crippen molar-refractivity contribution >= 4 is 5.82 Å². The first-order chi connectivity index (χ1) is 9.67. The number of hydrogen-bond donors (Lipinski definition) is 1. The Morgan fingerprint density at radius 3 is 2.55 bits per heavy atom. The molecule has 0 unspecified atom stereocenters. The summed E-state index contributed by atoms with van der Waals surface area (Å²) in [5.41, 5.74) is 7.46. The molecule has 2 N–H and O–H groups in total. The average Bonchev–Trinajstić information content (AvgIpc) is 2.46. The van der Waals surface area contributed by atoms with Crippen LogP contribution in [-0.4, -0.2) is 24.2 Å². The first kappa shape index (κ1) is 14.1. The third-order valence-corrected chi connectivity index (χ3v) is 2.95. The predicted octanol–water partition coefficient (Wildman–Crippen LogP) is 2.70. The van der Waals surface area contributed by atoms with Crippen molar-refractivity contribution in [2.75, 3.05) is 20.0 Å². The molecule has 0 saturated carbocycles. The first-order valence-corrected chi connectivity index (χ1v) is 6.53. The quantitative estimate of drug-likeness (QED) is 0.907. The molecule has 106 valence electrons. The maximum Gasteiger partial charge on any atom is 0.131 e. The minimum atomic E-state index is 0.461. The Kier molecular flexibility index (Phi) is 4.40. The maximum absolute atomic E-state index is 5.87. The number of hydrogen-bond acceptors (Lipinski definition) is 5. The van der Waals surface area contributed by atoms with Crippen molar-refractivity contribution in [1.82, 2.24) is 9.97 Å². The van der Waals surface area contributed by atoms with Gasteiger partial charge in [-0.05, 0) is 24.6 Å². The molecule has 20 heavy (non-hydrogen) atoms. The number of benzene rings is 1. The van der Waals surface area contributed by atoms with Gasteiger partial charge in [0.05, 0.1) is 19.9 Å². The van der Waals surface area contributed by atoms with E-state index in [9.17, 15) is 0 Å². The summed E-state index contributed by atoms with van der Waals surface area (Å²) in [5, 5.41) is 0. The number of aromatic nitrogens is 2. The smallest absolute Gasteiger partial charge is 0.131 e. The highest BCUT2D eigenvalue weighted by Crippen LogP contribution is 2.32. The van der Waals surface area contributed by atoms with E-state index in [-0.39, 0.29) is 0 Å². The topological polar surface area (TPSA) is 70.3 Å². The Morgan fingerprint density at radius 1 is 1.10 bits per heavy atom. The zero-order valence-electron chi connectivity index (χ0n) is 12.0. The van der Waals surface area contributed by atoms with Gasteiger partial charge in [-0.3, -0.25) is 0 Å². The molecule has 5 nitrogen and oxygen atoms in total. The summed E-state index contributed by atoms with van der Waals surface area (Å²) < 4.78 is 10.6. The van der Waals surface area contributed by atoms with E-state index in [1.54, 1.807) is 20.3 Å². The Labute approximate surface area is 118 Å². The van der Waals surface area contributed by atoms with E-state index in [1.807, 2.05) is 18.2 Å². The zero-order chi connectivity index (χ0) is 14.5. The lowest BCUT2D eigenvalue weighted by Gasteiger charge is -2.11. The van der Waals surface area contributed by atoms with Crippen LogP contribution in [0.3, 0.4) is 0 Å². The summed E-state index contributed by atoms with van der Waals surface area (Å²) in [4.78, 5) is 8.79. The molecule has 1 heterocycles. The molecule has 5 heteroatoms. The van der Waals surface area contributed by atoms with Gasteiger partial charge in [-0.2, -0.15) is 0 Å². The summed E-state index contributed by atoms with van der Waals surface area (Å²) in [6, 6.07) is 7.33. The van der Waals surface area contributed by atoms with Crippen LogP contribution in [0, 0.1) is 0 Å². The molecule has 0 saturated heterocycles. The van der Waals surface area contributed by atoms with Crippen LogP contribution >= 0.6 is 0 Å². The van der Waals surface area contributed by atoms with Crippen molar-refractivity contribution < 1.29 is 9.47 Å². The van der Waals surface area contributed by atoms with Crippen molar-refractivity contribution in [3.63, 3.8) is 0 Å². The second-order valence-corrected chi connectivity index (χ2v) is 4.41. The minimum absolute atomic E-state index is 0.461. The van der Waals surface area contributed by atoms with Gasteiger partial charge in [-0.15, -0.1) is 0 Å². The molecular weight excluding hydrogens is 254 g/mol. The van der Waals surface area contributed by atoms with Gasteiger partial charge < -0.3 is 15.2 Å². The van der Waals surface area contributed by atoms with Gasteiger partial charge in [-0.25, -0.2) is 9.97 Å². The number of aryl methyl sites for hydroxylation is 1. The van der Waals surface area contributed by atoms with Crippen molar-refractivity contribution in [2.24, 2.45) is 0 Å². The molecule has 0 amide bonds. The van der Waals surface area contributed by atoms with Gasteiger partial charge in [0.2, 0.25) is 0 Å². The van der Waals surface area contributed by atoms with E-state index < -0.39 is 0 Å². The van der Waals surface area contributed by atoms with Gasteiger partial charge >= 0.3 is 0 Å². The van der Waals surface area contributed by atoms with Crippen molar-refractivity contribution in [3.05, 3.63) is 30.1 Å². The number of nitrogen functional groups attached to an aromatic ring is 1. The molecule has 0 atom stereocenters. The highest BCUT2D eigenvalue weighted by atomic mass is 16.5. The number of nitrogens with two attached hydrogens (primary N) is 1. The molecule has 2 rings (SSSR count). The molecule has 0 bridgehead atoms. The monoisotopic (exact) mass is 273 g/mol. The summed E-state index contributed by atoms with van der Waals surface area (Å²) in [6.07, 6.45) is 1.77. The molecule has 0 aliphatic carbocycles. The molecule has 0 spiro atoms. The molecule has 0 aliphatic rings. The highest BCUT2D eigenvalue weighted by Gasteiger charge is 2.11. The molecule has 1 aromatic heterocycles. The number of methoxy groups -OCH3 is 2. The van der Waals surface area contributed by atoms with Gasteiger partial charge in [-0.1, -0.05) is 6.92 Å². The normalized spacial score (nSPS) is 10.3. The summed E-state index contributed by atoms with van der Waals surface area (Å²) in [7, 11) is 3.26. The highest BCUT2D eigenvalue weighted by molar-refractivity contribution is 5.70. The Hall–Kier alpha value is -2.30. The SMILES string of the molecule is CCCc1nc(N)cc(-c2cc(OC)ccc2OC)n1. The fourth-order valence-corrected chi connectivity index (χ4v) is 2.01. The first-order valence-electron chi connectivity index (χ1n) is 6.53. The molecule has 2 aromatic rings. The molecule has 0 aliphatic heterocycles. The largest absolute Gasteiger partial charge is 0.497 e. The van der Waals surface area contributed by atoms with Crippen LogP contribution in [0.25, 0.3) is 11.3 Å². The standard InChI is InChI=1S/C15H19N3O2/c1-4-5-15-17-12(9-14(16)18-15)11-8-10(19-2)6-7-13(11)20-3/h6-9H,4-5H2,1-3H3,(H2,16,17,18). The summed E-state index contributed by atoms with van der Waals surface area (Å²) >= 11 is 0. The predicted molar refractivity (Wildman–Crippen MR) is 79.0 cm³/mol. The van der Waals surface area contributed by atoms with Crippen LogP contribution in [0.2, 0.25) is 0 Å². The van der Waals surface area contributed by atoms with Crippen LogP contribution < -0.4 is 15.2 Å². The van der Waals surface area contributed by atoms with Gasteiger partial charge in [0.15, 0.2) is 0 Å². The van der Waals surface area contributed by atoms with E-state index >= 15 is 0 Å². The van der Waals surface area contributed by atoms with Gasteiger partial charge in [0.25, 0.3) is 0 Å². The van der Waals surface area contributed by atoms with Crippen molar-refractivity contribution in [3.8, 4) is 22.8 Å². The fourth-order valence-electron chi connectivity index (χ4n) is 2.01. The van der Waals surface area contributed by atoms with Crippen LogP contribution in [-0.2, 0) is 6.42 Å². The van der Waals surface area contributed by atoms with E-state index in [2.05, 4.69) is 16.9 Å². The van der Waals surface area contributed by atoms with Crippen LogP contribution in [0.15, 0.2) is 24.3 Å². The third-order valence-electron chi connectivity index (χ3n) is 2.95. The number of anilines is 1. The zero-order valence-corrected chi connectivity index (χ0v) is 12.0. The summed E-state index contributed by atoms with van der Waals surface area (Å²) in [5.74, 6) is 2.68. The summed E-state index contributed by atoms with van der Waals surface area (Å²) in [6.45, 7) is 2.08. The number of nitrogens with zero attached hydrogens (tertiary/aromatic N) is 2. The van der Waals surface area contributed by atoms with Crippen LogP contribution in [0.4, 0.5) is 5.82 Å². The number of rotatable bonds is 5. The molecule has 1 aromatic carbocycles. The lowest BCUT2D eigenvalue weighted by atomic mass is 10.1. The maximum atomic E-state index is 5.87. The van der Waals surface area contributed by atoms with E-state index in [1.165, 1.54) is 0 Å². The average molecular weight is 273 g/mol. The van der Waals surface area contributed by atoms with Crippen LogP contribution in [0.1, 0.15) is 19.2 Å². The third kappa shape index (κ3) is 2.99. The van der Waals surface area contributed by atoms with Gasteiger partial charge in [0, 0.05) is 18.1 Å². The van der Waals surface area contributed by atoms with Crippen molar-refractivity contribution in [2.45, 2.75) is 19.8 Å². The van der Waals surface area contributed by atoms with Crippen LogP contribution in [0.5, 0.6) is 11.5 Å². The minimum Gasteiger partial charge on any atom is -0.497 e. The fraction of sp³-hybridized carbons (Fsp3) is 0.333. The second-order valence-electron chi connectivity index (χ2n) is 4.41.